The van der Waals surface area contributed by atoms with Gasteiger partial charge >= 0.3 is 6.03 Å². The Labute approximate surface area is 163 Å². The van der Waals surface area contributed by atoms with Crippen molar-refractivity contribution in [2.45, 2.75) is 6.92 Å². The van der Waals surface area contributed by atoms with E-state index in [2.05, 4.69) is 56.3 Å². The van der Waals surface area contributed by atoms with Crippen LogP contribution in [-0.4, -0.2) is 60.0 Å². The van der Waals surface area contributed by atoms with E-state index in [0.29, 0.717) is 11.6 Å². The molecule has 4 rings (SSSR count). The predicted molar refractivity (Wildman–Crippen MR) is 107 cm³/mol. The van der Waals surface area contributed by atoms with Gasteiger partial charge in [-0.2, -0.15) is 0 Å². The molecule has 0 aliphatic carbocycles. The van der Waals surface area contributed by atoms with Crippen molar-refractivity contribution < 1.29 is 9.59 Å². The van der Waals surface area contributed by atoms with Crippen molar-refractivity contribution in [3.05, 3.63) is 53.5 Å². The number of nitrogens with one attached hydrogen (secondary N) is 1. The number of benzene rings is 1. The molecule has 1 aromatic heterocycles. The number of rotatable bonds is 3. The van der Waals surface area contributed by atoms with Gasteiger partial charge in [-0.1, -0.05) is 17.7 Å². The number of hydrogen-bond donors (Lipinski definition) is 1. The van der Waals surface area contributed by atoms with Crippen LogP contribution in [0.25, 0.3) is 6.08 Å². The number of piperazine rings is 1. The van der Waals surface area contributed by atoms with Crippen LogP contribution in [0.2, 0.25) is 0 Å². The minimum absolute atomic E-state index is 0.277. The van der Waals surface area contributed by atoms with E-state index in [-0.39, 0.29) is 5.70 Å². The highest BCUT2D eigenvalue weighted by Gasteiger charge is 2.30. The number of likely N-dealkylation sites (N-methyl/N-ethyl adjacent to an activating group) is 1. The van der Waals surface area contributed by atoms with E-state index >= 15 is 0 Å². The molecule has 1 N–H and O–H groups in total. The lowest BCUT2D eigenvalue weighted by atomic mass is 10.2. The first-order chi connectivity index (χ1) is 13.5. The Morgan fingerprint density at radius 2 is 1.68 bits per heavy atom. The maximum atomic E-state index is 11.9. The van der Waals surface area contributed by atoms with Crippen molar-refractivity contribution in [1.29, 1.82) is 0 Å². The summed E-state index contributed by atoms with van der Waals surface area (Å²) in [5, 5.41) is 2.26. The average molecular weight is 378 g/mol. The van der Waals surface area contributed by atoms with E-state index in [1.165, 1.54) is 16.2 Å². The molecular weight excluding hydrogens is 356 g/mol. The second kappa shape index (κ2) is 7.30. The van der Waals surface area contributed by atoms with Crippen molar-refractivity contribution in [2.24, 2.45) is 0 Å². The highest BCUT2D eigenvalue weighted by molar-refractivity contribution is 6.13. The lowest BCUT2D eigenvalue weighted by Crippen LogP contribution is -2.47. The standard InChI is InChI=1S/C20H22N6O2/c1-14-3-5-16(6-4-14)25-9-11-26(12-10-25)19-21-8-7-15(22-19)13-17-18(27)23-20(28)24(17)2/h3-8,13H,9-12H2,1-2H3,(H,23,27,28). The summed E-state index contributed by atoms with van der Waals surface area (Å²) < 4.78 is 0. The fourth-order valence-corrected chi connectivity index (χ4v) is 3.32. The van der Waals surface area contributed by atoms with Gasteiger partial charge in [0.1, 0.15) is 5.70 Å². The number of imide groups is 1. The second-order valence-corrected chi connectivity index (χ2v) is 6.94. The molecule has 2 aliphatic rings. The fraction of sp³-hybridized carbons (Fsp3) is 0.300. The van der Waals surface area contributed by atoms with Crippen LogP contribution in [0.15, 0.2) is 42.2 Å². The lowest BCUT2D eigenvalue weighted by Gasteiger charge is -2.36. The molecule has 2 aromatic rings. The zero-order valence-corrected chi connectivity index (χ0v) is 15.9. The summed E-state index contributed by atoms with van der Waals surface area (Å²) in [5.74, 6) is 0.213. The lowest BCUT2D eigenvalue weighted by molar-refractivity contribution is -0.115. The SMILES string of the molecule is Cc1ccc(N2CCN(c3nccc(C=C4C(=O)NC(=O)N4C)n3)CC2)cc1. The third-order valence-electron chi connectivity index (χ3n) is 5.03. The number of nitrogens with zero attached hydrogens (tertiary/aromatic N) is 5. The van der Waals surface area contributed by atoms with E-state index in [4.69, 9.17) is 0 Å². The molecule has 0 bridgehead atoms. The molecule has 8 nitrogen and oxygen atoms in total. The van der Waals surface area contributed by atoms with Crippen LogP contribution in [-0.2, 0) is 4.79 Å². The van der Waals surface area contributed by atoms with Gasteiger partial charge in [0.15, 0.2) is 0 Å². The minimum Gasteiger partial charge on any atom is -0.368 e. The van der Waals surface area contributed by atoms with Crippen molar-refractivity contribution in [1.82, 2.24) is 20.2 Å². The predicted octanol–water partition coefficient (Wildman–Crippen LogP) is 1.63. The Bertz CT molecular complexity index is 932. The zero-order valence-electron chi connectivity index (χ0n) is 15.9. The van der Waals surface area contributed by atoms with E-state index in [9.17, 15) is 9.59 Å². The van der Waals surface area contributed by atoms with Crippen LogP contribution < -0.4 is 15.1 Å². The zero-order chi connectivity index (χ0) is 19.7. The van der Waals surface area contributed by atoms with E-state index in [0.717, 1.165) is 26.2 Å². The third kappa shape index (κ3) is 3.53. The van der Waals surface area contributed by atoms with E-state index < -0.39 is 11.9 Å². The highest BCUT2D eigenvalue weighted by Crippen LogP contribution is 2.20. The van der Waals surface area contributed by atoms with Crippen molar-refractivity contribution in [2.75, 3.05) is 43.0 Å². The first kappa shape index (κ1) is 18.0. The van der Waals surface area contributed by atoms with Crippen LogP contribution >= 0.6 is 0 Å². The van der Waals surface area contributed by atoms with Crippen LogP contribution in [0.1, 0.15) is 11.3 Å². The number of amides is 3. The molecule has 0 saturated carbocycles. The van der Waals surface area contributed by atoms with Gasteiger partial charge in [-0.15, -0.1) is 0 Å². The topological polar surface area (TPSA) is 81.7 Å². The molecule has 2 aliphatic heterocycles. The molecule has 2 saturated heterocycles. The number of carbonyl (C=O) groups is 2. The maximum absolute atomic E-state index is 11.9. The average Bonchev–Trinajstić information content (AvgIpc) is 2.95. The molecule has 3 amide bonds. The summed E-state index contributed by atoms with van der Waals surface area (Å²) in [5.41, 5.74) is 3.35. The van der Waals surface area contributed by atoms with Crippen molar-refractivity contribution in [3.8, 4) is 0 Å². The first-order valence-electron chi connectivity index (χ1n) is 9.21. The van der Waals surface area contributed by atoms with Gasteiger partial charge in [0.2, 0.25) is 5.95 Å². The van der Waals surface area contributed by atoms with Gasteiger partial charge in [0.25, 0.3) is 5.91 Å². The van der Waals surface area contributed by atoms with Crippen LogP contribution in [0.4, 0.5) is 16.4 Å². The quantitative estimate of drug-likeness (QED) is 0.646. The Morgan fingerprint density at radius 1 is 1.00 bits per heavy atom. The number of anilines is 2. The molecule has 2 fully saturated rings. The summed E-state index contributed by atoms with van der Waals surface area (Å²) in [7, 11) is 1.55. The van der Waals surface area contributed by atoms with Crippen LogP contribution in [0.3, 0.4) is 0 Å². The summed E-state index contributed by atoms with van der Waals surface area (Å²) in [6.45, 7) is 5.48. The second-order valence-electron chi connectivity index (χ2n) is 6.94. The number of hydrogen-bond acceptors (Lipinski definition) is 6. The number of carbonyl (C=O) groups excluding carboxylic acids is 2. The van der Waals surface area contributed by atoms with Gasteiger partial charge in [0.05, 0.1) is 5.69 Å². The molecule has 0 spiro atoms. The largest absolute Gasteiger partial charge is 0.368 e. The number of aryl methyl sites for hydroxylation is 1. The van der Waals surface area contributed by atoms with Gasteiger partial charge < -0.3 is 9.80 Å². The summed E-state index contributed by atoms with van der Waals surface area (Å²) in [4.78, 5) is 38.2. The fourth-order valence-electron chi connectivity index (χ4n) is 3.32. The van der Waals surface area contributed by atoms with Gasteiger partial charge in [-0.25, -0.2) is 14.8 Å². The van der Waals surface area contributed by atoms with Gasteiger partial charge in [-0.3, -0.25) is 15.0 Å². The molecule has 3 heterocycles. The Balaban J connectivity index is 1.46. The van der Waals surface area contributed by atoms with E-state index in [1.807, 2.05) is 0 Å². The maximum Gasteiger partial charge on any atom is 0.328 e. The Hall–Kier alpha value is -3.42. The van der Waals surface area contributed by atoms with Crippen molar-refractivity contribution >= 4 is 29.7 Å². The van der Waals surface area contributed by atoms with Crippen LogP contribution in [0, 0.1) is 6.92 Å². The monoisotopic (exact) mass is 378 g/mol. The van der Waals surface area contributed by atoms with Gasteiger partial charge in [0, 0.05) is 45.1 Å². The minimum atomic E-state index is -0.433. The van der Waals surface area contributed by atoms with Crippen molar-refractivity contribution in [3.63, 3.8) is 0 Å². The highest BCUT2D eigenvalue weighted by atomic mass is 16.2. The van der Waals surface area contributed by atoms with E-state index in [1.54, 1.807) is 25.4 Å². The summed E-state index contributed by atoms with van der Waals surface area (Å²) in [6, 6.07) is 9.85. The molecule has 1 aromatic carbocycles. The smallest absolute Gasteiger partial charge is 0.328 e. The molecule has 0 radical (unpaired) electrons. The third-order valence-corrected chi connectivity index (χ3v) is 5.03. The summed E-state index contributed by atoms with van der Waals surface area (Å²) in [6.07, 6.45) is 3.28. The van der Waals surface area contributed by atoms with Gasteiger partial charge in [-0.05, 0) is 31.2 Å². The molecular formula is C20H22N6O2. The molecule has 144 valence electrons. The Morgan fingerprint density at radius 3 is 2.32 bits per heavy atom. The molecule has 28 heavy (non-hydrogen) atoms. The molecule has 0 atom stereocenters. The normalized spacial score (nSPS) is 18.8. The Kier molecular flexibility index (Phi) is 4.68. The first-order valence-corrected chi connectivity index (χ1v) is 9.21. The number of urea groups is 1. The van der Waals surface area contributed by atoms with Crippen LogP contribution in [0.5, 0.6) is 0 Å². The molecule has 8 heteroatoms. The number of aromatic nitrogens is 2. The summed E-state index contributed by atoms with van der Waals surface area (Å²) >= 11 is 0. The molecule has 0 unspecified atom stereocenters.